The van der Waals surface area contributed by atoms with Crippen molar-refractivity contribution in [2.75, 3.05) is 13.7 Å². The molecule has 0 fully saturated rings. The monoisotopic (exact) mass is 405 g/mol. The van der Waals surface area contributed by atoms with Gasteiger partial charge in [-0.3, -0.25) is 4.68 Å². The summed E-state index contributed by atoms with van der Waals surface area (Å²) in [7, 11) is 4.95. The minimum atomic E-state index is -0.445. The van der Waals surface area contributed by atoms with Gasteiger partial charge in [0.05, 0.1) is 29.9 Å². The molecule has 7 nitrogen and oxygen atoms in total. The topological polar surface area (TPSA) is 89.5 Å². The highest BCUT2D eigenvalue weighted by molar-refractivity contribution is 6.35. The number of halogens is 1. The van der Waals surface area contributed by atoms with Crippen molar-refractivity contribution in [2.24, 2.45) is 14.1 Å². The Labute approximate surface area is 168 Å². The van der Waals surface area contributed by atoms with E-state index in [2.05, 4.69) is 5.10 Å². The third-order valence-electron chi connectivity index (χ3n) is 5.18. The number of nitrogens with zero attached hydrogens (tertiary/aromatic N) is 3. The van der Waals surface area contributed by atoms with Gasteiger partial charge in [-0.2, -0.15) is 5.10 Å². The average Bonchev–Trinajstić information content (AvgIpc) is 3.13. The van der Waals surface area contributed by atoms with Crippen LogP contribution in [0.25, 0.3) is 22.0 Å². The van der Waals surface area contributed by atoms with Crippen LogP contribution in [0.2, 0.25) is 5.02 Å². The molecule has 2 aromatic heterocycles. The van der Waals surface area contributed by atoms with Crippen molar-refractivity contribution in [3.63, 3.8) is 0 Å². The van der Waals surface area contributed by atoms with Gasteiger partial charge in [-0.25, -0.2) is 4.79 Å². The van der Waals surface area contributed by atoms with Gasteiger partial charge in [0.25, 0.3) is 0 Å². The van der Waals surface area contributed by atoms with Crippen molar-refractivity contribution in [2.45, 2.75) is 26.4 Å². The lowest BCUT2D eigenvalue weighted by Gasteiger charge is -2.11. The number of hydrogen-bond acceptors (Lipinski definition) is 5. The SMILES string of the molecule is COC(=O)c1c(CCCO)c2ccc(Cl)c(-c3c(CO)nn(C)c3C)c2n1C. The van der Waals surface area contributed by atoms with Crippen LogP contribution in [0.4, 0.5) is 0 Å². The number of aromatic nitrogens is 3. The number of ether oxygens (including phenoxy) is 1. The van der Waals surface area contributed by atoms with Crippen LogP contribution in [0.3, 0.4) is 0 Å². The molecule has 8 heteroatoms. The number of fused-ring (bicyclic) bond motifs is 1. The molecule has 3 aromatic rings. The Kier molecular flexibility index (Phi) is 5.79. The largest absolute Gasteiger partial charge is 0.464 e. The smallest absolute Gasteiger partial charge is 0.354 e. The van der Waals surface area contributed by atoms with Gasteiger partial charge in [0.1, 0.15) is 5.69 Å². The van der Waals surface area contributed by atoms with Crippen molar-refractivity contribution < 1.29 is 19.7 Å². The second kappa shape index (κ2) is 7.95. The van der Waals surface area contributed by atoms with E-state index in [-0.39, 0.29) is 13.2 Å². The molecule has 28 heavy (non-hydrogen) atoms. The molecular weight excluding hydrogens is 382 g/mol. The highest BCUT2D eigenvalue weighted by Crippen LogP contribution is 2.41. The summed E-state index contributed by atoms with van der Waals surface area (Å²) in [5.74, 6) is -0.445. The maximum atomic E-state index is 12.5. The zero-order valence-corrected chi connectivity index (χ0v) is 17.2. The average molecular weight is 406 g/mol. The number of aliphatic hydroxyl groups excluding tert-OH is 2. The second-order valence-electron chi connectivity index (χ2n) is 6.71. The molecule has 0 aliphatic rings. The maximum absolute atomic E-state index is 12.5. The summed E-state index contributed by atoms with van der Waals surface area (Å²) >= 11 is 6.61. The van der Waals surface area contributed by atoms with E-state index >= 15 is 0 Å². The summed E-state index contributed by atoms with van der Waals surface area (Å²) in [5.41, 5.74) is 4.86. The molecule has 0 saturated carbocycles. The Balaban J connectivity index is 2.45. The number of methoxy groups -OCH3 is 1. The highest BCUT2D eigenvalue weighted by atomic mass is 35.5. The van der Waals surface area contributed by atoms with E-state index in [1.54, 1.807) is 22.4 Å². The number of aliphatic hydroxyl groups is 2. The standard InChI is InChI=1S/C20H24ClN3O4/c1-11-16(15(10-26)22-24(11)3)17-14(21)8-7-13-12(6-5-9-25)19(20(27)28-4)23(2)18(13)17/h7-8,25-26H,5-6,9-10H2,1-4H3. The Morgan fingerprint density at radius 3 is 2.57 bits per heavy atom. The van der Waals surface area contributed by atoms with Crippen LogP contribution in [-0.4, -0.2) is 44.2 Å². The predicted octanol–water partition coefficient (Wildman–Crippen LogP) is 2.74. The van der Waals surface area contributed by atoms with Gasteiger partial charge in [0.2, 0.25) is 0 Å². The Bertz CT molecular complexity index is 1050. The molecule has 1 aromatic carbocycles. The summed E-state index contributed by atoms with van der Waals surface area (Å²) in [6.07, 6.45) is 1.05. The summed E-state index contributed by atoms with van der Waals surface area (Å²) in [6.45, 7) is 1.71. The molecule has 0 bridgehead atoms. The molecular formula is C20H24ClN3O4. The van der Waals surface area contributed by atoms with E-state index in [0.29, 0.717) is 29.3 Å². The highest BCUT2D eigenvalue weighted by Gasteiger charge is 2.27. The zero-order chi connectivity index (χ0) is 20.6. The lowest BCUT2D eigenvalue weighted by Crippen LogP contribution is -2.10. The van der Waals surface area contributed by atoms with Crippen molar-refractivity contribution in [1.82, 2.24) is 14.3 Å². The fourth-order valence-corrected chi connectivity index (χ4v) is 4.06. The summed E-state index contributed by atoms with van der Waals surface area (Å²) in [6, 6.07) is 3.67. The van der Waals surface area contributed by atoms with E-state index in [0.717, 1.165) is 33.3 Å². The quantitative estimate of drug-likeness (QED) is 0.615. The lowest BCUT2D eigenvalue weighted by atomic mass is 9.98. The Morgan fingerprint density at radius 1 is 1.25 bits per heavy atom. The number of esters is 1. The minimum absolute atomic E-state index is 0.0216. The molecule has 2 N–H and O–H groups in total. The van der Waals surface area contributed by atoms with Crippen molar-refractivity contribution in [1.29, 1.82) is 0 Å². The van der Waals surface area contributed by atoms with Gasteiger partial charge < -0.3 is 19.5 Å². The number of hydrogen-bond donors (Lipinski definition) is 2. The normalized spacial score (nSPS) is 11.4. The Morgan fingerprint density at radius 2 is 1.96 bits per heavy atom. The van der Waals surface area contributed by atoms with Crippen LogP contribution in [0.5, 0.6) is 0 Å². The summed E-state index contributed by atoms with van der Waals surface area (Å²) in [4.78, 5) is 12.5. The van der Waals surface area contributed by atoms with Gasteiger partial charge in [0, 0.05) is 42.9 Å². The van der Waals surface area contributed by atoms with Gasteiger partial charge in [-0.05, 0) is 31.4 Å². The Hall–Kier alpha value is -2.35. The number of carbonyl (C=O) groups is 1. The first kappa shape index (κ1) is 20.4. The van der Waals surface area contributed by atoms with Crippen LogP contribution >= 0.6 is 11.6 Å². The van der Waals surface area contributed by atoms with Crippen LogP contribution in [0.1, 0.15) is 33.9 Å². The van der Waals surface area contributed by atoms with Crippen molar-refractivity contribution in [3.05, 3.63) is 39.8 Å². The van der Waals surface area contributed by atoms with Crippen molar-refractivity contribution in [3.8, 4) is 11.1 Å². The van der Waals surface area contributed by atoms with Gasteiger partial charge in [-0.1, -0.05) is 17.7 Å². The number of aryl methyl sites for hydroxylation is 3. The van der Waals surface area contributed by atoms with E-state index in [9.17, 15) is 15.0 Å². The first-order valence-corrected chi connectivity index (χ1v) is 9.37. The summed E-state index contributed by atoms with van der Waals surface area (Å²) < 4.78 is 8.49. The number of carbonyl (C=O) groups excluding carboxylic acids is 1. The summed E-state index contributed by atoms with van der Waals surface area (Å²) in [5, 5.41) is 24.9. The zero-order valence-electron chi connectivity index (χ0n) is 16.4. The van der Waals surface area contributed by atoms with Crippen LogP contribution in [0, 0.1) is 6.92 Å². The van der Waals surface area contributed by atoms with E-state index in [1.165, 1.54) is 7.11 Å². The first-order valence-electron chi connectivity index (χ1n) is 8.99. The molecule has 0 aliphatic heterocycles. The lowest BCUT2D eigenvalue weighted by molar-refractivity contribution is 0.0589. The number of rotatable bonds is 6. The minimum Gasteiger partial charge on any atom is -0.464 e. The molecule has 0 atom stereocenters. The molecule has 2 heterocycles. The molecule has 0 saturated heterocycles. The predicted molar refractivity (Wildman–Crippen MR) is 108 cm³/mol. The third-order valence-corrected chi connectivity index (χ3v) is 5.49. The molecule has 0 radical (unpaired) electrons. The van der Waals surface area contributed by atoms with E-state index < -0.39 is 5.97 Å². The van der Waals surface area contributed by atoms with Gasteiger partial charge in [0.15, 0.2) is 0 Å². The van der Waals surface area contributed by atoms with E-state index in [1.807, 2.05) is 20.0 Å². The maximum Gasteiger partial charge on any atom is 0.354 e. The van der Waals surface area contributed by atoms with Crippen LogP contribution < -0.4 is 0 Å². The van der Waals surface area contributed by atoms with Crippen molar-refractivity contribution >= 4 is 28.5 Å². The first-order chi connectivity index (χ1) is 13.4. The molecule has 150 valence electrons. The fraction of sp³-hybridized carbons (Fsp3) is 0.400. The molecule has 0 spiro atoms. The fourth-order valence-electron chi connectivity index (χ4n) is 3.82. The molecule has 0 unspecified atom stereocenters. The molecule has 3 rings (SSSR count). The van der Waals surface area contributed by atoms with Crippen LogP contribution in [0.15, 0.2) is 12.1 Å². The second-order valence-corrected chi connectivity index (χ2v) is 7.12. The number of benzene rings is 1. The van der Waals surface area contributed by atoms with E-state index in [4.69, 9.17) is 16.3 Å². The molecule has 0 aliphatic carbocycles. The van der Waals surface area contributed by atoms with Crippen LogP contribution in [-0.2, 0) is 31.9 Å². The van der Waals surface area contributed by atoms with Gasteiger partial charge in [-0.15, -0.1) is 0 Å². The van der Waals surface area contributed by atoms with Gasteiger partial charge >= 0.3 is 5.97 Å². The molecule has 0 amide bonds. The third kappa shape index (κ3) is 3.09.